The van der Waals surface area contributed by atoms with E-state index in [4.69, 9.17) is 0 Å². The van der Waals surface area contributed by atoms with Gasteiger partial charge in [0.25, 0.3) is 0 Å². The normalized spacial score (nSPS) is 10.0. The zero-order valence-corrected chi connectivity index (χ0v) is 4.57. The summed E-state index contributed by atoms with van der Waals surface area (Å²) >= 11 is 0. The molecule has 0 saturated heterocycles. The molecule has 1 heteroatoms. The third-order valence-electron chi connectivity index (χ3n) is 0.605. The molecule has 6 heavy (non-hydrogen) atoms. The average molecular weight is 86.2 g/mol. The van der Waals surface area contributed by atoms with Gasteiger partial charge in [-0.1, -0.05) is 6.92 Å². The Morgan fingerprint density at radius 1 is 1.67 bits per heavy atom. The molecular weight excluding hydrogens is 74.1 g/mol. The molecule has 0 aromatic heterocycles. The lowest BCUT2D eigenvalue weighted by Crippen LogP contribution is -2.08. The lowest BCUT2D eigenvalue weighted by Gasteiger charge is -2.03. The summed E-state index contributed by atoms with van der Waals surface area (Å²) in [6, 6.07) is 0. The molecule has 0 fully saturated rings. The molecule has 0 aromatic rings. The fourth-order valence-electron chi connectivity index (χ4n) is 0.382. The van der Waals surface area contributed by atoms with Crippen LogP contribution in [-0.4, -0.2) is 18.5 Å². The molecule has 0 unspecified atom stereocenters. The fourth-order valence-corrected chi connectivity index (χ4v) is 0.382. The minimum Gasteiger partial charge on any atom is -0.305 e. The van der Waals surface area contributed by atoms with E-state index >= 15 is 0 Å². The van der Waals surface area contributed by atoms with Gasteiger partial charge in [-0.05, 0) is 20.0 Å². The summed E-state index contributed by atoms with van der Waals surface area (Å²) in [5, 5.41) is 0. The van der Waals surface area contributed by atoms with Crippen molar-refractivity contribution in [1.82, 2.24) is 4.90 Å². The van der Waals surface area contributed by atoms with Gasteiger partial charge >= 0.3 is 0 Å². The van der Waals surface area contributed by atoms with E-state index in [1.165, 1.54) is 6.42 Å². The second kappa shape index (κ2) is 3.16. The number of hydrogen-bond acceptors (Lipinski definition) is 1. The van der Waals surface area contributed by atoms with Crippen LogP contribution in [0.5, 0.6) is 0 Å². The Balaban J connectivity index is 2.63. The van der Waals surface area contributed by atoms with E-state index in [1.54, 1.807) is 0 Å². The van der Waals surface area contributed by atoms with Crippen LogP contribution in [0.4, 0.5) is 0 Å². The van der Waals surface area contributed by atoms with Crippen LogP contribution in [0.15, 0.2) is 0 Å². The minimum atomic E-state index is 1.10. The quantitative estimate of drug-likeness (QED) is 0.486. The van der Waals surface area contributed by atoms with Crippen LogP contribution < -0.4 is 0 Å². The maximum absolute atomic E-state index is 3.66. The summed E-state index contributed by atoms with van der Waals surface area (Å²) in [5.74, 6) is 0. The Bertz CT molecular complexity index is 25.1. The predicted octanol–water partition coefficient (Wildman–Crippen LogP) is 1.12. The zero-order chi connectivity index (χ0) is 4.99. The first kappa shape index (κ1) is 5.96. The van der Waals surface area contributed by atoms with E-state index in [-0.39, 0.29) is 0 Å². The average Bonchev–Trinajstić information content (AvgIpc) is 1.35. The Morgan fingerprint density at radius 3 is 2.17 bits per heavy atom. The van der Waals surface area contributed by atoms with Gasteiger partial charge < -0.3 is 4.90 Å². The number of nitrogens with zero attached hydrogens (tertiary/aromatic N) is 1. The van der Waals surface area contributed by atoms with E-state index in [9.17, 15) is 0 Å². The first-order valence-electron chi connectivity index (χ1n) is 2.29. The van der Waals surface area contributed by atoms with Gasteiger partial charge in [0, 0.05) is 7.05 Å². The van der Waals surface area contributed by atoms with Crippen molar-refractivity contribution in [3.63, 3.8) is 0 Å². The van der Waals surface area contributed by atoms with E-state index in [1.807, 2.05) is 11.9 Å². The van der Waals surface area contributed by atoms with Crippen molar-refractivity contribution in [3.05, 3.63) is 7.05 Å². The van der Waals surface area contributed by atoms with Crippen LogP contribution in [0.3, 0.4) is 0 Å². The maximum Gasteiger partial charge on any atom is 0.0106 e. The van der Waals surface area contributed by atoms with Gasteiger partial charge in [0.1, 0.15) is 0 Å². The fraction of sp³-hybridized carbons (Fsp3) is 0.800. The predicted molar refractivity (Wildman–Crippen MR) is 28.3 cm³/mol. The van der Waals surface area contributed by atoms with Crippen LogP contribution in [0, 0.1) is 7.05 Å². The highest BCUT2D eigenvalue weighted by atomic mass is 15.0. The highest BCUT2D eigenvalue weighted by molar-refractivity contribution is 4.40. The first-order valence-corrected chi connectivity index (χ1v) is 2.29. The third kappa shape index (κ3) is 3.96. The van der Waals surface area contributed by atoms with E-state index < -0.39 is 0 Å². The van der Waals surface area contributed by atoms with Crippen LogP contribution in [0.1, 0.15) is 13.3 Å². The largest absolute Gasteiger partial charge is 0.305 e. The summed E-state index contributed by atoms with van der Waals surface area (Å²) in [6.45, 7) is 3.24. The van der Waals surface area contributed by atoms with E-state index in [2.05, 4.69) is 14.0 Å². The second-order valence-corrected chi connectivity index (χ2v) is 1.58. The van der Waals surface area contributed by atoms with E-state index in [0.717, 1.165) is 6.54 Å². The highest BCUT2D eigenvalue weighted by Gasteiger charge is 1.79. The Kier molecular flexibility index (Phi) is 3.14. The Hall–Kier alpha value is -0.0400. The van der Waals surface area contributed by atoms with Crippen molar-refractivity contribution >= 4 is 0 Å². The van der Waals surface area contributed by atoms with Gasteiger partial charge in [-0.2, -0.15) is 0 Å². The van der Waals surface area contributed by atoms with E-state index in [0.29, 0.717) is 0 Å². The molecule has 0 N–H and O–H groups in total. The van der Waals surface area contributed by atoms with Crippen molar-refractivity contribution < 1.29 is 0 Å². The third-order valence-corrected chi connectivity index (χ3v) is 0.605. The SMILES string of the molecule is [CH2]N(C)CCC. The summed E-state index contributed by atoms with van der Waals surface area (Å²) in [7, 11) is 5.64. The highest BCUT2D eigenvalue weighted by Crippen LogP contribution is 1.78. The standard InChI is InChI=1S/C5H12N/c1-4-5-6(2)3/h2,4-5H2,1,3H3. The molecule has 0 amide bonds. The van der Waals surface area contributed by atoms with Crippen LogP contribution in [0.25, 0.3) is 0 Å². The Labute approximate surface area is 40.0 Å². The second-order valence-electron chi connectivity index (χ2n) is 1.58. The zero-order valence-electron chi connectivity index (χ0n) is 4.57. The van der Waals surface area contributed by atoms with Crippen molar-refractivity contribution in [3.8, 4) is 0 Å². The molecule has 0 aliphatic rings. The number of rotatable bonds is 2. The molecule has 0 atom stereocenters. The minimum absolute atomic E-state index is 1.10. The van der Waals surface area contributed by atoms with Gasteiger partial charge in [0.15, 0.2) is 0 Å². The monoisotopic (exact) mass is 86.1 g/mol. The molecule has 1 radical (unpaired) electrons. The summed E-state index contributed by atoms with van der Waals surface area (Å²) < 4.78 is 0. The van der Waals surface area contributed by atoms with Crippen molar-refractivity contribution in [2.24, 2.45) is 0 Å². The van der Waals surface area contributed by atoms with Gasteiger partial charge in [-0.3, -0.25) is 0 Å². The van der Waals surface area contributed by atoms with Gasteiger partial charge in [-0.25, -0.2) is 0 Å². The molecule has 0 aliphatic heterocycles. The number of hydrogen-bond donors (Lipinski definition) is 0. The van der Waals surface area contributed by atoms with Crippen molar-refractivity contribution in [2.45, 2.75) is 13.3 Å². The topological polar surface area (TPSA) is 3.24 Å². The summed E-state index contributed by atoms with van der Waals surface area (Å²) in [5.41, 5.74) is 0. The van der Waals surface area contributed by atoms with Crippen LogP contribution in [-0.2, 0) is 0 Å². The molecule has 0 saturated carbocycles. The lowest BCUT2D eigenvalue weighted by atomic mass is 10.5. The molecular formula is C5H12N. The summed E-state index contributed by atoms with van der Waals surface area (Å²) in [4.78, 5) is 1.93. The lowest BCUT2D eigenvalue weighted by molar-refractivity contribution is 0.449. The summed E-state index contributed by atoms with van der Waals surface area (Å²) in [6.07, 6.45) is 1.19. The molecule has 0 aromatic carbocycles. The molecule has 0 spiro atoms. The first-order chi connectivity index (χ1) is 2.77. The molecule has 0 aliphatic carbocycles. The molecule has 1 nitrogen and oxygen atoms in total. The van der Waals surface area contributed by atoms with Crippen molar-refractivity contribution in [2.75, 3.05) is 13.6 Å². The maximum atomic E-state index is 3.66. The van der Waals surface area contributed by atoms with Gasteiger partial charge in [0.2, 0.25) is 0 Å². The van der Waals surface area contributed by atoms with Crippen LogP contribution in [0.2, 0.25) is 0 Å². The smallest absolute Gasteiger partial charge is 0.0106 e. The van der Waals surface area contributed by atoms with Gasteiger partial charge in [-0.15, -0.1) is 0 Å². The molecule has 0 heterocycles. The molecule has 0 bridgehead atoms. The molecule has 37 valence electrons. The van der Waals surface area contributed by atoms with Crippen molar-refractivity contribution in [1.29, 1.82) is 0 Å². The molecule has 0 rings (SSSR count). The van der Waals surface area contributed by atoms with Gasteiger partial charge in [0.05, 0.1) is 0 Å². The van der Waals surface area contributed by atoms with Crippen LogP contribution >= 0.6 is 0 Å². The Morgan fingerprint density at radius 2 is 2.17 bits per heavy atom.